The zero-order chi connectivity index (χ0) is 14.0. The molecule has 0 spiro atoms. The van der Waals surface area contributed by atoms with Gasteiger partial charge in [-0.2, -0.15) is 0 Å². The molecule has 5 nitrogen and oxygen atoms in total. The second-order valence-electron chi connectivity index (χ2n) is 4.06. The Morgan fingerprint density at radius 1 is 1.42 bits per heavy atom. The van der Waals surface area contributed by atoms with Crippen LogP contribution < -0.4 is 0 Å². The molecule has 0 saturated carbocycles. The first-order valence-electron chi connectivity index (χ1n) is 5.47. The van der Waals surface area contributed by atoms with Gasteiger partial charge >= 0.3 is 0 Å². The molecule has 0 aliphatic rings. The molecule has 7 heteroatoms. The summed E-state index contributed by atoms with van der Waals surface area (Å²) in [7, 11) is 1.65. The van der Waals surface area contributed by atoms with Crippen molar-refractivity contribution in [1.82, 2.24) is 15.0 Å². The molecule has 0 bridgehead atoms. The molecule has 2 aromatic rings. The van der Waals surface area contributed by atoms with Gasteiger partial charge in [-0.15, -0.1) is 0 Å². The molecule has 2 heterocycles. The summed E-state index contributed by atoms with van der Waals surface area (Å²) >= 11 is 11.6. The van der Waals surface area contributed by atoms with Crippen molar-refractivity contribution in [3.05, 3.63) is 45.5 Å². The highest BCUT2D eigenvalue weighted by atomic mass is 35.5. The Hall–Kier alpha value is -1.59. The topological polar surface area (TPSA) is 59.2 Å². The van der Waals surface area contributed by atoms with Crippen LogP contribution in [0, 0.1) is 6.92 Å². The average molecular weight is 300 g/mol. The molecule has 0 atom stereocenters. The van der Waals surface area contributed by atoms with E-state index in [1.54, 1.807) is 26.1 Å². The van der Waals surface area contributed by atoms with Gasteiger partial charge in [-0.25, -0.2) is 4.98 Å². The Kier molecular flexibility index (Phi) is 4.07. The first kappa shape index (κ1) is 13.8. The number of halogens is 2. The molecule has 1 amide bonds. The molecular formula is C12H11Cl2N3O2. The highest BCUT2D eigenvalue weighted by molar-refractivity contribution is 6.34. The number of carbonyl (C=O) groups excluding carboxylic acids is 1. The number of nitrogens with zero attached hydrogens (tertiary/aromatic N) is 3. The predicted octanol–water partition coefficient (Wildman–Crippen LogP) is 2.96. The molecule has 0 aromatic carbocycles. The van der Waals surface area contributed by atoms with E-state index in [-0.39, 0.29) is 16.2 Å². The molecule has 0 N–H and O–H groups in total. The summed E-state index contributed by atoms with van der Waals surface area (Å²) in [5, 5.41) is 4.16. The number of amides is 1. The fourth-order valence-corrected chi connectivity index (χ4v) is 2.01. The number of hydrogen-bond acceptors (Lipinski definition) is 4. The standard InChI is InChI=1S/C12H11Cl2N3O2/c1-7-5-8(16-19-7)6-17(2)12(18)9-3-4-10(13)15-11(9)14/h3-5H,6H2,1-2H3. The van der Waals surface area contributed by atoms with Crippen molar-refractivity contribution >= 4 is 29.1 Å². The van der Waals surface area contributed by atoms with Gasteiger partial charge in [-0.05, 0) is 19.1 Å². The molecule has 100 valence electrons. The summed E-state index contributed by atoms with van der Waals surface area (Å²) in [6.07, 6.45) is 0. The van der Waals surface area contributed by atoms with Crippen molar-refractivity contribution in [3.8, 4) is 0 Å². The van der Waals surface area contributed by atoms with Crippen LogP contribution >= 0.6 is 23.2 Å². The predicted molar refractivity (Wildman–Crippen MR) is 71.3 cm³/mol. The first-order valence-corrected chi connectivity index (χ1v) is 6.22. The van der Waals surface area contributed by atoms with Crippen molar-refractivity contribution < 1.29 is 9.32 Å². The molecule has 2 aromatic heterocycles. The lowest BCUT2D eigenvalue weighted by molar-refractivity contribution is 0.0782. The molecule has 2 rings (SSSR count). The number of aromatic nitrogens is 2. The Labute approximate surface area is 120 Å². The molecular weight excluding hydrogens is 289 g/mol. The summed E-state index contributed by atoms with van der Waals surface area (Å²) in [5.74, 6) is 0.442. The van der Waals surface area contributed by atoms with Crippen LogP contribution in [-0.4, -0.2) is 28.0 Å². The summed E-state index contributed by atoms with van der Waals surface area (Å²) in [5.41, 5.74) is 0.972. The lowest BCUT2D eigenvalue weighted by atomic mass is 10.2. The van der Waals surface area contributed by atoms with Crippen LogP contribution in [0.15, 0.2) is 22.7 Å². The largest absolute Gasteiger partial charge is 0.361 e. The Bertz CT molecular complexity index is 613. The van der Waals surface area contributed by atoms with E-state index in [2.05, 4.69) is 10.1 Å². The normalized spacial score (nSPS) is 10.5. The SMILES string of the molecule is Cc1cc(CN(C)C(=O)c2ccc(Cl)nc2Cl)no1. The lowest BCUT2D eigenvalue weighted by Crippen LogP contribution is -2.26. The first-order chi connectivity index (χ1) is 8.97. The van der Waals surface area contributed by atoms with Gasteiger partial charge in [0.05, 0.1) is 12.1 Å². The van der Waals surface area contributed by atoms with E-state index in [9.17, 15) is 4.79 Å². The molecule has 0 unspecified atom stereocenters. The maximum atomic E-state index is 12.2. The van der Waals surface area contributed by atoms with Crippen LogP contribution in [0.2, 0.25) is 10.3 Å². The quantitative estimate of drug-likeness (QED) is 0.818. The minimum atomic E-state index is -0.255. The average Bonchev–Trinajstić information content (AvgIpc) is 2.74. The lowest BCUT2D eigenvalue weighted by Gasteiger charge is -2.16. The van der Waals surface area contributed by atoms with Crippen LogP contribution in [0.3, 0.4) is 0 Å². The minimum absolute atomic E-state index is 0.0840. The van der Waals surface area contributed by atoms with E-state index < -0.39 is 0 Å². The minimum Gasteiger partial charge on any atom is -0.361 e. The second kappa shape index (κ2) is 5.59. The van der Waals surface area contributed by atoms with Crippen molar-refractivity contribution in [2.75, 3.05) is 7.05 Å². The van der Waals surface area contributed by atoms with Crippen LogP contribution in [0.4, 0.5) is 0 Å². The fraction of sp³-hybridized carbons (Fsp3) is 0.250. The summed E-state index contributed by atoms with van der Waals surface area (Å²) in [4.78, 5) is 17.5. The van der Waals surface area contributed by atoms with Crippen molar-refractivity contribution in [2.45, 2.75) is 13.5 Å². The van der Waals surface area contributed by atoms with Gasteiger partial charge in [-0.1, -0.05) is 28.4 Å². The van der Waals surface area contributed by atoms with Gasteiger partial charge in [0.1, 0.15) is 21.8 Å². The molecule has 19 heavy (non-hydrogen) atoms. The van der Waals surface area contributed by atoms with E-state index in [1.165, 1.54) is 11.0 Å². The van der Waals surface area contributed by atoms with Crippen molar-refractivity contribution in [2.24, 2.45) is 0 Å². The highest BCUT2D eigenvalue weighted by Crippen LogP contribution is 2.18. The molecule has 0 radical (unpaired) electrons. The van der Waals surface area contributed by atoms with Gasteiger partial charge in [0.25, 0.3) is 5.91 Å². The van der Waals surface area contributed by atoms with Gasteiger partial charge in [-0.3, -0.25) is 4.79 Å². The van der Waals surface area contributed by atoms with Gasteiger partial charge in [0.15, 0.2) is 0 Å². The zero-order valence-electron chi connectivity index (χ0n) is 10.4. The molecule has 0 saturated heterocycles. The summed E-state index contributed by atoms with van der Waals surface area (Å²) < 4.78 is 4.95. The Morgan fingerprint density at radius 2 is 2.16 bits per heavy atom. The van der Waals surface area contributed by atoms with E-state index in [0.717, 1.165) is 0 Å². The van der Waals surface area contributed by atoms with Crippen molar-refractivity contribution in [1.29, 1.82) is 0 Å². The van der Waals surface area contributed by atoms with Crippen LogP contribution in [0.1, 0.15) is 21.8 Å². The third-order valence-corrected chi connectivity index (χ3v) is 2.97. The van der Waals surface area contributed by atoms with Crippen molar-refractivity contribution in [3.63, 3.8) is 0 Å². The molecule has 0 fully saturated rings. The molecule has 0 aliphatic heterocycles. The van der Waals surface area contributed by atoms with Crippen LogP contribution in [0.25, 0.3) is 0 Å². The number of hydrogen-bond donors (Lipinski definition) is 0. The number of carbonyl (C=O) groups is 1. The maximum Gasteiger partial charge on any atom is 0.257 e. The maximum absolute atomic E-state index is 12.2. The van der Waals surface area contributed by atoms with Gasteiger partial charge < -0.3 is 9.42 Å². The third-order valence-electron chi connectivity index (χ3n) is 2.47. The Morgan fingerprint density at radius 3 is 2.74 bits per heavy atom. The number of rotatable bonds is 3. The third kappa shape index (κ3) is 3.24. The van der Waals surface area contributed by atoms with E-state index in [1.807, 2.05) is 0 Å². The fourth-order valence-electron chi connectivity index (χ4n) is 1.58. The molecule has 0 aliphatic carbocycles. The summed E-state index contributed by atoms with van der Waals surface area (Å²) in [6.45, 7) is 2.12. The zero-order valence-corrected chi connectivity index (χ0v) is 11.9. The van der Waals surface area contributed by atoms with Crippen LogP contribution in [-0.2, 0) is 6.54 Å². The van der Waals surface area contributed by atoms with E-state index in [0.29, 0.717) is 23.6 Å². The van der Waals surface area contributed by atoms with Gasteiger partial charge in [0, 0.05) is 13.1 Å². The van der Waals surface area contributed by atoms with E-state index in [4.69, 9.17) is 27.7 Å². The second-order valence-corrected chi connectivity index (χ2v) is 4.81. The smallest absolute Gasteiger partial charge is 0.257 e. The monoisotopic (exact) mass is 299 g/mol. The van der Waals surface area contributed by atoms with Crippen LogP contribution in [0.5, 0.6) is 0 Å². The van der Waals surface area contributed by atoms with Gasteiger partial charge in [0.2, 0.25) is 0 Å². The number of pyridine rings is 1. The number of aryl methyl sites for hydroxylation is 1. The summed E-state index contributed by atoms with van der Waals surface area (Å²) in [6, 6.07) is 4.84. The Balaban J connectivity index is 2.14. The van der Waals surface area contributed by atoms with E-state index >= 15 is 0 Å². The highest BCUT2D eigenvalue weighted by Gasteiger charge is 2.17.